The summed E-state index contributed by atoms with van der Waals surface area (Å²) in [5.41, 5.74) is 3.78. The third-order valence-electron chi connectivity index (χ3n) is 4.83. The van der Waals surface area contributed by atoms with Gasteiger partial charge in [0.2, 0.25) is 5.91 Å². The number of anilines is 2. The molecule has 0 saturated carbocycles. The highest BCUT2D eigenvalue weighted by Crippen LogP contribution is 2.26. The van der Waals surface area contributed by atoms with E-state index in [1.54, 1.807) is 17.0 Å². The molecule has 1 aliphatic rings. The topological polar surface area (TPSA) is 61.4 Å². The van der Waals surface area contributed by atoms with Crippen LogP contribution in [-0.2, 0) is 4.79 Å². The molecule has 0 aliphatic carbocycles. The van der Waals surface area contributed by atoms with E-state index in [1.807, 2.05) is 60.7 Å². The standard InChI is InChI=1S/C23H21N3O2/c27-22-21(25-23(28)24-19-9-5-2-6-10-19)15-16-26(22)20-13-11-18(12-14-20)17-7-3-1-4-8-17/h1-14,21H,15-16H2,(H2,24,25,28). The Hall–Kier alpha value is -3.60. The number of rotatable bonds is 4. The molecule has 1 unspecified atom stereocenters. The third kappa shape index (κ3) is 3.88. The molecule has 4 rings (SSSR count). The number of nitrogens with one attached hydrogen (secondary N) is 2. The van der Waals surface area contributed by atoms with Crippen LogP contribution in [0.25, 0.3) is 11.1 Å². The van der Waals surface area contributed by atoms with E-state index in [2.05, 4.69) is 22.8 Å². The summed E-state index contributed by atoms with van der Waals surface area (Å²) >= 11 is 0. The van der Waals surface area contributed by atoms with E-state index < -0.39 is 6.04 Å². The molecule has 1 aliphatic heterocycles. The number of carbonyl (C=O) groups excluding carboxylic acids is 2. The first-order valence-corrected chi connectivity index (χ1v) is 9.30. The van der Waals surface area contributed by atoms with Crippen molar-refractivity contribution in [1.29, 1.82) is 0 Å². The Bertz CT molecular complexity index is 956. The summed E-state index contributed by atoms with van der Waals surface area (Å²) in [4.78, 5) is 26.6. The molecular formula is C23H21N3O2. The van der Waals surface area contributed by atoms with E-state index in [-0.39, 0.29) is 11.9 Å². The number of benzene rings is 3. The van der Waals surface area contributed by atoms with Crippen molar-refractivity contribution < 1.29 is 9.59 Å². The Kier molecular flexibility index (Phi) is 5.06. The van der Waals surface area contributed by atoms with Crippen molar-refractivity contribution in [2.24, 2.45) is 0 Å². The normalized spacial score (nSPS) is 16.1. The van der Waals surface area contributed by atoms with Crippen LogP contribution in [-0.4, -0.2) is 24.5 Å². The lowest BCUT2D eigenvalue weighted by molar-refractivity contribution is -0.118. The number of hydrogen-bond acceptors (Lipinski definition) is 2. The number of urea groups is 1. The summed E-state index contributed by atoms with van der Waals surface area (Å²) in [6.45, 7) is 0.583. The van der Waals surface area contributed by atoms with Crippen molar-refractivity contribution in [1.82, 2.24) is 5.32 Å². The average molecular weight is 371 g/mol. The fourth-order valence-electron chi connectivity index (χ4n) is 3.38. The third-order valence-corrected chi connectivity index (χ3v) is 4.83. The summed E-state index contributed by atoms with van der Waals surface area (Å²) < 4.78 is 0. The van der Waals surface area contributed by atoms with Gasteiger partial charge < -0.3 is 15.5 Å². The number of carbonyl (C=O) groups is 2. The van der Waals surface area contributed by atoms with Crippen LogP contribution in [0, 0.1) is 0 Å². The van der Waals surface area contributed by atoms with Gasteiger partial charge in [-0.1, -0.05) is 60.7 Å². The molecule has 1 saturated heterocycles. The number of para-hydroxylation sites is 1. The fourth-order valence-corrected chi connectivity index (χ4v) is 3.38. The Morgan fingerprint density at radius 1 is 0.821 bits per heavy atom. The van der Waals surface area contributed by atoms with Crippen molar-refractivity contribution in [3.8, 4) is 11.1 Å². The Morgan fingerprint density at radius 2 is 1.43 bits per heavy atom. The number of nitrogens with zero attached hydrogens (tertiary/aromatic N) is 1. The van der Waals surface area contributed by atoms with Gasteiger partial charge in [0.15, 0.2) is 0 Å². The molecule has 5 heteroatoms. The Labute approximate surface area is 164 Å². The first-order valence-electron chi connectivity index (χ1n) is 9.30. The molecule has 28 heavy (non-hydrogen) atoms. The molecule has 1 atom stereocenters. The quantitative estimate of drug-likeness (QED) is 0.719. The summed E-state index contributed by atoms with van der Waals surface area (Å²) in [6, 6.07) is 26.3. The van der Waals surface area contributed by atoms with Crippen LogP contribution in [0.15, 0.2) is 84.9 Å². The maximum atomic E-state index is 12.7. The van der Waals surface area contributed by atoms with Gasteiger partial charge in [0.1, 0.15) is 6.04 Å². The summed E-state index contributed by atoms with van der Waals surface area (Å²) in [6.07, 6.45) is 0.585. The molecule has 0 bridgehead atoms. The second-order valence-electron chi connectivity index (χ2n) is 6.71. The molecule has 1 heterocycles. The highest BCUT2D eigenvalue weighted by molar-refractivity contribution is 6.02. The first kappa shape index (κ1) is 17.8. The van der Waals surface area contributed by atoms with Crippen molar-refractivity contribution in [2.75, 3.05) is 16.8 Å². The maximum Gasteiger partial charge on any atom is 0.319 e. The predicted molar refractivity (Wildman–Crippen MR) is 111 cm³/mol. The lowest BCUT2D eigenvalue weighted by atomic mass is 10.1. The molecule has 3 amide bonds. The van der Waals surface area contributed by atoms with E-state index >= 15 is 0 Å². The minimum Gasteiger partial charge on any atom is -0.326 e. The van der Waals surface area contributed by atoms with Crippen LogP contribution in [0.2, 0.25) is 0 Å². The molecule has 5 nitrogen and oxygen atoms in total. The van der Waals surface area contributed by atoms with Gasteiger partial charge >= 0.3 is 6.03 Å². The van der Waals surface area contributed by atoms with Gasteiger partial charge in [-0.25, -0.2) is 4.79 Å². The molecule has 2 N–H and O–H groups in total. The van der Waals surface area contributed by atoms with E-state index in [9.17, 15) is 9.59 Å². The van der Waals surface area contributed by atoms with Gasteiger partial charge in [0, 0.05) is 17.9 Å². The zero-order valence-corrected chi connectivity index (χ0v) is 15.3. The second-order valence-corrected chi connectivity index (χ2v) is 6.71. The molecule has 3 aromatic carbocycles. The van der Waals surface area contributed by atoms with Crippen LogP contribution in [0.4, 0.5) is 16.2 Å². The van der Waals surface area contributed by atoms with E-state index in [1.165, 1.54) is 0 Å². The zero-order chi connectivity index (χ0) is 19.3. The predicted octanol–water partition coefficient (Wildman–Crippen LogP) is 4.28. The Balaban J connectivity index is 1.39. The monoisotopic (exact) mass is 371 g/mol. The molecule has 0 aromatic heterocycles. The summed E-state index contributed by atoms with van der Waals surface area (Å²) in [5.74, 6) is -0.0873. The van der Waals surface area contributed by atoms with Crippen LogP contribution in [0.5, 0.6) is 0 Å². The molecule has 1 fully saturated rings. The van der Waals surface area contributed by atoms with E-state index in [0.717, 1.165) is 16.8 Å². The second kappa shape index (κ2) is 7.96. The smallest absolute Gasteiger partial charge is 0.319 e. The first-order chi connectivity index (χ1) is 13.7. The molecular weight excluding hydrogens is 350 g/mol. The minimum atomic E-state index is -0.516. The number of amides is 3. The zero-order valence-electron chi connectivity index (χ0n) is 15.3. The van der Waals surface area contributed by atoms with Gasteiger partial charge in [-0.15, -0.1) is 0 Å². The van der Waals surface area contributed by atoms with Gasteiger partial charge in [-0.3, -0.25) is 4.79 Å². The van der Waals surface area contributed by atoms with E-state index in [4.69, 9.17) is 0 Å². The highest BCUT2D eigenvalue weighted by atomic mass is 16.2. The van der Waals surface area contributed by atoms with E-state index in [0.29, 0.717) is 18.7 Å². The van der Waals surface area contributed by atoms with Crippen LogP contribution in [0.1, 0.15) is 6.42 Å². The minimum absolute atomic E-state index is 0.0873. The molecule has 3 aromatic rings. The molecule has 0 radical (unpaired) electrons. The largest absolute Gasteiger partial charge is 0.326 e. The van der Waals surface area contributed by atoms with Crippen molar-refractivity contribution in [3.05, 3.63) is 84.9 Å². The number of hydrogen-bond donors (Lipinski definition) is 2. The fraction of sp³-hybridized carbons (Fsp3) is 0.130. The van der Waals surface area contributed by atoms with Gasteiger partial charge in [0.25, 0.3) is 0 Å². The maximum absolute atomic E-state index is 12.7. The van der Waals surface area contributed by atoms with Crippen molar-refractivity contribution >= 4 is 23.3 Å². The SMILES string of the molecule is O=C(Nc1ccccc1)NC1CCN(c2ccc(-c3ccccc3)cc2)C1=O. The average Bonchev–Trinajstić information content (AvgIpc) is 3.09. The molecule has 140 valence electrons. The Morgan fingerprint density at radius 3 is 2.11 bits per heavy atom. The van der Waals surface area contributed by atoms with Crippen molar-refractivity contribution in [2.45, 2.75) is 12.5 Å². The van der Waals surface area contributed by atoms with Gasteiger partial charge in [-0.05, 0) is 41.8 Å². The van der Waals surface area contributed by atoms with Crippen LogP contribution < -0.4 is 15.5 Å². The van der Waals surface area contributed by atoms with Crippen LogP contribution >= 0.6 is 0 Å². The van der Waals surface area contributed by atoms with Crippen LogP contribution in [0.3, 0.4) is 0 Å². The lowest BCUT2D eigenvalue weighted by Gasteiger charge is -2.18. The lowest BCUT2D eigenvalue weighted by Crippen LogP contribution is -2.43. The summed E-state index contributed by atoms with van der Waals surface area (Å²) in [5, 5.41) is 5.52. The van der Waals surface area contributed by atoms with Gasteiger partial charge in [0.05, 0.1) is 0 Å². The van der Waals surface area contributed by atoms with Gasteiger partial charge in [-0.2, -0.15) is 0 Å². The molecule has 0 spiro atoms. The van der Waals surface area contributed by atoms with Crippen molar-refractivity contribution in [3.63, 3.8) is 0 Å². The summed E-state index contributed by atoms with van der Waals surface area (Å²) in [7, 11) is 0. The highest BCUT2D eigenvalue weighted by Gasteiger charge is 2.33.